The Labute approximate surface area is 206 Å². The maximum absolute atomic E-state index is 6.23. The fourth-order valence-electron chi connectivity index (χ4n) is 5.47. The number of benzene rings is 2. The van der Waals surface area contributed by atoms with Crippen LogP contribution in [0, 0.1) is 0 Å². The molecule has 34 heavy (non-hydrogen) atoms. The summed E-state index contributed by atoms with van der Waals surface area (Å²) < 4.78 is 6.23. The zero-order valence-corrected chi connectivity index (χ0v) is 20.6. The minimum Gasteiger partial charge on any atom is -0.457 e. The average Bonchev–Trinajstić information content (AvgIpc) is 3.66. The summed E-state index contributed by atoms with van der Waals surface area (Å²) in [6.07, 6.45) is 8.97. The van der Waals surface area contributed by atoms with Crippen LogP contribution in [0.3, 0.4) is 0 Å². The predicted octanol–water partition coefficient (Wildman–Crippen LogP) is 6.66. The highest BCUT2D eigenvalue weighted by Crippen LogP contribution is 2.36. The van der Waals surface area contributed by atoms with E-state index in [0.29, 0.717) is 12.1 Å². The standard InChI is InChI=1S/C28H34N4OS/c1-2-10-23(11-3-1)33-24-16-20-17-26(31-27(20)25(18-24)29-21-8-4-5-9-21)28-30-22(19-34-28)12-15-32-13-6-7-14-32/h1-3,10-11,16-18,21-22,29,31H,4-9,12-15,19H2/t22-/m1/s1. The zero-order valence-electron chi connectivity index (χ0n) is 19.8. The first-order valence-corrected chi connectivity index (χ1v) is 13.9. The van der Waals surface area contributed by atoms with Gasteiger partial charge in [-0.3, -0.25) is 4.99 Å². The van der Waals surface area contributed by atoms with Crippen molar-refractivity contribution in [1.82, 2.24) is 9.88 Å². The van der Waals surface area contributed by atoms with Crippen molar-refractivity contribution in [2.75, 3.05) is 30.7 Å². The normalized spacial score (nSPS) is 21.4. The number of rotatable bonds is 8. The molecular formula is C28H34N4OS. The van der Waals surface area contributed by atoms with E-state index in [4.69, 9.17) is 9.73 Å². The molecule has 1 atom stereocenters. The number of thioether (sulfide) groups is 1. The van der Waals surface area contributed by atoms with E-state index in [9.17, 15) is 0 Å². The molecule has 0 spiro atoms. The quantitative estimate of drug-likeness (QED) is 0.383. The van der Waals surface area contributed by atoms with Crippen molar-refractivity contribution in [3.63, 3.8) is 0 Å². The van der Waals surface area contributed by atoms with Crippen molar-refractivity contribution in [2.45, 2.75) is 57.0 Å². The van der Waals surface area contributed by atoms with Crippen LogP contribution in [0.5, 0.6) is 11.5 Å². The van der Waals surface area contributed by atoms with Crippen molar-refractivity contribution < 1.29 is 4.74 Å². The van der Waals surface area contributed by atoms with Gasteiger partial charge < -0.3 is 19.9 Å². The van der Waals surface area contributed by atoms with Gasteiger partial charge in [0.2, 0.25) is 0 Å². The second-order valence-corrected chi connectivity index (χ2v) is 10.9. The van der Waals surface area contributed by atoms with Crippen molar-refractivity contribution in [1.29, 1.82) is 0 Å². The molecule has 1 aliphatic carbocycles. The van der Waals surface area contributed by atoms with Gasteiger partial charge in [-0.05, 0) is 69.5 Å². The van der Waals surface area contributed by atoms with Gasteiger partial charge >= 0.3 is 0 Å². The van der Waals surface area contributed by atoms with Crippen LogP contribution in [-0.2, 0) is 0 Å². The van der Waals surface area contributed by atoms with E-state index in [2.05, 4.69) is 33.4 Å². The zero-order chi connectivity index (χ0) is 22.7. The molecule has 1 aromatic heterocycles. The van der Waals surface area contributed by atoms with Crippen LogP contribution in [0.25, 0.3) is 10.9 Å². The second kappa shape index (κ2) is 10.0. The first-order chi connectivity index (χ1) is 16.8. The number of ether oxygens (including phenoxy) is 1. The first-order valence-electron chi connectivity index (χ1n) is 12.9. The highest BCUT2D eigenvalue weighted by Gasteiger charge is 2.23. The topological polar surface area (TPSA) is 52.6 Å². The molecule has 3 aliphatic rings. The number of nitrogens with one attached hydrogen (secondary N) is 2. The Morgan fingerprint density at radius 2 is 1.82 bits per heavy atom. The molecular weight excluding hydrogens is 440 g/mol. The molecule has 5 nitrogen and oxygen atoms in total. The van der Waals surface area contributed by atoms with Crippen LogP contribution in [0.2, 0.25) is 0 Å². The first kappa shape index (κ1) is 22.1. The van der Waals surface area contributed by atoms with E-state index in [1.54, 1.807) is 0 Å². The molecule has 0 unspecified atom stereocenters. The Morgan fingerprint density at radius 3 is 2.65 bits per heavy atom. The molecule has 6 heteroatoms. The summed E-state index contributed by atoms with van der Waals surface area (Å²) >= 11 is 1.90. The van der Waals surface area contributed by atoms with Crippen LogP contribution in [0.15, 0.2) is 53.5 Å². The van der Waals surface area contributed by atoms with E-state index in [-0.39, 0.29) is 0 Å². The molecule has 0 amide bonds. The molecule has 2 aromatic carbocycles. The SMILES string of the molecule is c1ccc(Oc2cc(NC3CCCC3)c3[nH]c(C4=N[C@H](CCN5CCCC5)CS4)cc3c2)cc1. The van der Waals surface area contributed by atoms with Crippen LogP contribution >= 0.6 is 11.8 Å². The van der Waals surface area contributed by atoms with Gasteiger partial charge in [-0.2, -0.15) is 0 Å². The Balaban J connectivity index is 1.25. The summed E-state index contributed by atoms with van der Waals surface area (Å²) in [6, 6.07) is 17.6. The minimum absolute atomic E-state index is 0.431. The van der Waals surface area contributed by atoms with E-state index in [0.717, 1.165) is 39.2 Å². The summed E-state index contributed by atoms with van der Waals surface area (Å²) in [6.45, 7) is 3.72. The number of nitrogens with zero attached hydrogens (tertiary/aromatic N) is 2. The molecule has 1 saturated heterocycles. The van der Waals surface area contributed by atoms with Crippen LogP contribution < -0.4 is 10.1 Å². The number of aromatic amines is 1. The third-order valence-electron chi connectivity index (χ3n) is 7.32. The van der Waals surface area contributed by atoms with Gasteiger partial charge in [0.15, 0.2) is 0 Å². The van der Waals surface area contributed by atoms with E-state index < -0.39 is 0 Å². The van der Waals surface area contributed by atoms with Gasteiger partial charge in [-0.15, -0.1) is 11.8 Å². The van der Waals surface area contributed by atoms with E-state index in [1.165, 1.54) is 70.0 Å². The van der Waals surface area contributed by atoms with E-state index in [1.807, 2.05) is 42.1 Å². The predicted molar refractivity (Wildman–Crippen MR) is 144 cm³/mol. The molecule has 3 aromatic rings. The Morgan fingerprint density at radius 1 is 1.00 bits per heavy atom. The summed E-state index contributed by atoms with van der Waals surface area (Å²) in [7, 11) is 0. The van der Waals surface area contributed by atoms with Crippen molar-refractivity contribution in [3.05, 3.63) is 54.2 Å². The molecule has 0 radical (unpaired) electrons. The minimum atomic E-state index is 0.431. The summed E-state index contributed by atoms with van der Waals surface area (Å²) in [4.78, 5) is 11.4. The number of hydrogen-bond donors (Lipinski definition) is 2. The third-order valence-corrected chi connectivity index (χ3v) is 8.47. The average molecular weight is 475 g/mol. The number of fused-ring (bicyclic) bond motifs is 1. The number of H-pyrrole nitrogens is 1. The van der Waals surface area contributed by atoms with Crippen LogP contribution in [-0.4, -0.2) is 52.4 Å². The fourth-order valence-corrected chi connectivity index (χ4v) is 6.55. The fraction of sp³-hybridized carbons (Fsp3) is 0.464. The molecule has 0 bridgehead atoms. The highest BCUT2D eigenvalue weighted by atomic mass is 32.2. The van der Waals surface area contributed by atoms with Crippen molar-refractivity contribution in [3.8, 4) is 11.5 Å². The Kier molecular flexibility index (Phi) is 6.51. The number of para-hydroxylation sites is 1. The van der Waals surface area contributed by atoms with Crippen LogP contribution in [0.4, 0.5) is 5.69 Å². The monoisotopic (exact) mass is 474 g/mol. The van der Waals surface area contributed by atoms with Gasteiger partial charge in [0.25, 0.3) is 0 Å². The number of likely N-dealkylation sites (tertiary alicyclic amines) is 1. The van der Waals surface area contributed by atoms with E-state index >= 15 is 0 Å². The number of aromatic nitrogens is 1. The lowest BCUT2D eigenvalue weighted by Crippen LogP contribution is -2.23. The molecule has 6 rings (SSSR count). The maximum atomic E-state index is 6.23. The number of anilines is 1. The highest BCUT2D eigenvalue weighted by molar-refractivity contribution is 8.14. The number of hydrogen-bond acceptors (Lipinski definition) is 5. The van der Waals surface area contributed by atoms with Crippen molar-refractivity contribution >= 4 is 33.4 Å². The smallest absolute Gasteiger partial charge is 0.130 e. The second-order valence-electron chi connectivity index (χ2n) is 9.90. The van der Waals surface area contributed by atoms with Gasteiger partial charge in [0.1, 0.15) is 16.5 Å². The Bertz CT molecular complexity index is 1150. The summed E-state index contributed by atoms with van der Waals surface area (Å²) in [5.74, 6) is 2.82. The van der Waals surface area contributed by atoms with Gasteiger partial charge in [0.05, 0.1) is 22.9 Å². The molecule has 3 heterocycles. The largest absolute Gasteiger partial charge is 0.457 e. The Hall–Kier alpha value is -2.44. The molecule has 2 N–H and O–H groups in total. The number of aliphatic imine (C=N–C) groups is 1. The molecule has 1 saturated carbocycles. The van der Waals surface area contributed by atoms with Crippen LogP contribution in [0.1, 0.15) is 50.6 Å². The van der Waals surface area contributed by atoms with Gasteiger partial charge in [-0.25, -0.2) is 0 Å². The molecule has 2 fully saturated rings. The summed E-state index contributed by atoms with van der Waals surface area (Å²) in [5.41, 5.74) is 3.43. The van der Waals surface area contributed by atoms with Gasteiger partial charge in [0, 0.05) is 29.8 Å². The van der Waals surface area contributed by atoms with Crippen molar-refractivity contribution in [2.24, 2.45) is 4.99 Å². The lowest BCUT2D eigenvalue weighted by atomic mass is 10.1. The van der Waals surface area contributed by atoms with Gasteiger partial charge in [-0.1, -0.05) is 31.0 Å². The summed E-state index contributed by atoms with van der Waals surface area (Å²) in [5, 5.41) is 6.14. The third kappa shape index (κ3) is 4.98. The lowest BCUT2D eigenvalue weighted by molar-refractivity contribution is 0.326. The molecule has 178 valence electrons. The lowest BCUT2D eigenvalue weighted by Gasteiger charge is -2.16. The maximum Gasteiger partial charge on any atom is 0.130 e. The molecule has 2 aliphatic heterocycles.